The average Bonchev–Trinajstić information content (AvgIpc) is 2.52. The third kappa shape index (κ3) is 7.88. The van der Waals surface area contributed by atoms with Crippen LogP contribution in [0.25, 0.3) is 0 Å². The van der Waals surface area contributed by atoms with E-state index in [1.807, 2.05) is 12.1 Å². The van der Waals surface area contributed by atoms with Gasteiger partial charge in [0.2, 0.25) is 0 Å². The first-order valence-corrected chi connectivity index (χ1v) is 7.81. The molecular weight excluding hydrogens is 278 g/mol. The minimum atomic E-state index is 0.586. The zero-order valence-corrected chi connectivity index (χ0v) is 14.2. The van der Waals surface area contributed by atoms with Gasteiger partial charge in [-0.2, -0.15) is 0 Å². The number of nitrogens with one attached hydrogen (secondary N) is 2. The molecule has 0 bridgehead atoms. The lowest BCUT2D eigenvalue weighted by Gasteiger charge is -2.14. The Morgan fingerprint density at radius 1 is 1.23 bits per heavy atom. The summed E-state index contributed by atoms with van der Waals surface area (Å²) in [6.45, 7) is 7.35. The van der Waals surface area contributed by atoms with Crippen molar-refractivity contribution < 1.29 is 9.47 Å². The normalized spacial score (nSPS) is 11.6. The highest BCUT2D eigenvalue weighted by Gasteiger charge is 2.01. The molecule has 0 aliphatic carbocycles. The monoisotopic (exact) mass is 307 g/mol. The molecule has 0 spiro atoms. The summed E-state index contributed by atoms with van der Waals surface area (Å²) >= 11 is 0. The molecule has 0 unspecified atom stereocenters. The lowest BCUT2D eigenvalue weighted by atomic mass is 10.2. The lowest BCUT2D eigenvalue weighted by molar-refractivity contribution is 0.172. The molecule has 0 heterocycles. The first kappa shape index (κ1) is 18.3. The molecule has 1 aromatic carbocycles. The second-order valence-corrected chi connectivity index (χ2v) is 5.54. The van der Waals surface area contributed by atoms with E-state index in [-0.39, 0.29) is 0 Å². The number of rotatable bonds is 9. The largest absolute Gasteiger partial charge is 0.493 e. The zero-order chi connectivity index (χ0) is 16.2. The molecule has 0 saturated heterocycles. The first-order chi connectivity index (χ1) is 10.7. The van der Waals surface area contributed by atoms with Gasteiger partial charge in [0, 0.05) is 40.3 Å². The Labute approximate surface area is 134 Å². The van der Waals surface area contributed by atoms with E-state index in [4.69, 9.17) is 9.47 Å². The summed E-state index contributed by atoms with van der Waals surface area (Å²) < 4.78 is 10.7. The molecule has 0 amide bonds. The highest BCUT2D eigenvalue weighted by Crippen LogP contribution is 2.13. The molecule has 1 rings (SSSR count). The fraction of sp³-hybridized carbons (Fsp3) is 0.588. The van der Waals surface area contributed by atoms with Crippen molar-refractivity contribution in [2.75, 3.05) is 33.9 Å². The van der Waals surface area contributed by atoms with E-state index in [2.05, 4.69) is 41.6 Å². The maximum atomic E-state index is 5.71. The van der Waals surface area contributed by atoms with Crippen LogP contribution < -0.4 is 15.4 Å². The third-order valence-electron chi connectivity index (χ3n) is 3.02. The number of hydrogen-bond donors (Lipinski definition) is 2. The Morgan fingerprint density at radius 3 is 2.73 bits per heavy atom. The Hall–Kier alpha value is -1.75. The van der Waals surface area contributed by atoms with Gasteiger partial charge in [0.15, 0.2) is 5.96 Å². The minimum Gasteiger partial charge on any atom is -0.493 e. The van der Waals surface area contributed by atoms with Crippen LogP contribution in [-0.2, 0) is 11.3 Å². The molecule has 124 valence electrons. The van der Waals surface area contributed by atoms with Crippen LogP contribution in [0.3, 0.4) is 0 Å². The number of benzene rings is 1. The van der Waals surface area contributed by atoms with Crippen molar-refractivity contribution in [2.24, 2.45) is 10.9 Å². The van der Waals surface area contributed by atoms with Crippen molar-refractivity contribution >= 4 is 5.96 Å². The van der Waals surface area contributed by atoms with Crippen LogP contribution in [0.1, 0.15) is 25.8 Å². The summed E-state index contributed by atoms with van der Waals surface area (Å²) in [5.74, 6) is 2.29. The van der Waals surface area contributed by atoms with Gasteiger partial charge in [-0.3, -0.25) is 4.99 Å². The second kappa shape index (κ2) is 10.9. The fourth-order valence-corrected chi connectivity index (χ4v) is 1.85. The molecule has 0 aliphatic heterocycles. The summed E-state index contributed by atoms with van der Waals surface area (Å²) in [7, 11) is 3.48. The molecule has 0 saturated carbocycles. The summed E-state index contributed by atoms with van der Waals surface area (Å²) in [5.41, 5.74) is 1.16. The van der Waals surface area contributed by atoms with Crippen molar-refractivity contribution in [2.45, 2.75) is 26.8 Å². The van der Waals surface area contributed by atoms with E-state index < -0.39 is 0 Å². The molecule has 1 aromatic rings. The predicted octanol–water partition coefficient (Wildman–Crippen LogP) is 2.42. The van der Waals surface area contributed by atoms with Crippen LogP contribution in [0.4, 0.5) is 0 Å². The maximum Gasteiger partial charge on any atom is 0.191 e. The zero-order valence-electron chi connectivity index (χ0n) is 14.2. The predicted molar refractivity (Wildman–Crippen MR) is 91.5 cm³/mol. The van der Waals surface area contributed by atoms with E-state index in [0.717, 1.165) is 36.8 Å². The molecule has 22 heavy (non-hydrogen) atoms. The number of methoxy groups -OCH3 is 1. The van der Waals surface area contributed by atoms with Gasteiger partial charge in [0.25, 0.3) is 0 Å². The van der Waals surface area contributed by atoms with Crippen molar-refractivity contribution in [3.8, 4) is 5.75 Å². The number of nitrogens with zero attached hydrogens (tertiary/aromatic N) is 1. The van der Waals surface area contributed by atoms with Crippen LogP contribution in [-0.4, -0.2) is 39.9 Å². The van der Waals surface area contributed by atoms with Crippen LogP contribution >= 0.6 is 0 Å². The third-order valence-corrected chi connectivity index (χ3v) is 3.02. The summed E-state index contributed by atoms with van der Waals surface area (Å²) in [6.07, 6.45) is 0.894. The van der Waals surface area contributed by atoms with Crippen molar-refractivity contribution in [1.82, 2.24) is 10.6 Å². The Morgan fingerprint density at radius 2 is 2.05 bits per heavy atom. The fourth-order valence-electron chi connectivity index (χ4n) is 1.85. The molecule has 0 radical (unpaired) electrons. The summed E-state index contributed by atoms with van der Waals surface area (Å²) in [4.78, 5) is 4.22. The average molecular weight is 307 g/mol. The van der Waals surface area contributed by atoms with Crippen LogP contribution in [0.5, 0.6) is 5.75 Å². The number of ether oxygens (including phenoxy) is 2. The van der Waals surface area contributed by atoms with Crippen LogP contribution in [0.15, 0.2) is 29.3 Å². The topological polar surface area (TPSA) is 54.9 Å². The molecule has 2 N–H and O–H groups in total. The smallest absolute Gasteiger partial charge is 0.191 e. The van der Waals surface area contributed by atoms with E-state index in [0.29, 0.717) is 19.1 Å². The highest BCUT2D eigenvalue weighted by atomic mass is 16.5. The summed E-state index contributed by atoms with van der Waals surface area (Å²) in [5, 5.41) is 6.60. The molecule has 0 atom stereocenters. The van der Waals surface area contributed by atoms with Gasteiger partial charge >= 0.3 is 0 Å². The molecular formula is C17H29N3O2. The van der Waals surface area contributed by atoms with E-state index in [1.54, 1.807) is 14.2 Å². The molecule has 0 fully saturated rings. The van der Waals surface area contributed by atoms with E-state index >= 15 is 0 Å². The highest BCUT2D eigenvalue weighted by molar-refractivity contribution is 5.79. The van der Waals surface area contributed by atoms with Crippen molar-refractivity contribution in [3.05, 3.63) is 29.8 Å². The Bertz CT molecular complexity index is 447. The van der Waals surface area contributed by atoms with E-state index in [9.17, 15) is 0 Å². The standard InChI is InChI=1S/C17H29N3O2/c1-14(2)12-19-17(18-3)20-13-15-7-5-8-16(11-15)22-10-6-9-21-4/h5,7-8,11,14H,6,9-10,12-13H2,1-4H3,(H2,18,19,20). The molecule has 5 heteroatoms. The molecule has 0 aromatic heterocycles. The van der Waals surface area contributed by atoms with Crippen molar-refractivity contribution in [1.29, 1.82) is 0 Å². The SMILES string of the molecule is CN=C(NCc1cccc(OCCCOC)c1)NCC(C)C. The lowest BCUT2D eigenvalue weighted by Crippen LogP contribution is -2.38. The first-order valence-electron chi connectivity index (χ1n) is 7.81. The van der Waals surface area contributed by atoms with Crippen molar-refractivity contribution in [3.63, 3.8) is 0 Å². The van der Waals surface area contributed by atoms with Gasteiger partial charge in [-0.05, 0) is 23.6 Å². The second-order valence-electron chi connectivity index (χ2n) is 5.54. The minimum absolute atomic E-state index is 0.586. The number of aliphatic imine (C=N–C) groups is 1. The Balaban J connectivity index is 2.41. The van der Waals surface area contributed by atoms with Gasteiger partial charge in [0.05, 0.1) is 6.61 Å². The molecule has 0 aliphatic rings. The Kier molecular flexibility index (Phi) is 9.07. The van der Waals surface area contributed by atoms with Gasteiger partial charge in [-0.25, -0.2) is 0 Å². The van der Waals surface area contributed by atoms with Crippen LogP contribution in [0.2, 0.25) is 0 Å². The maximum absolute atomic E-state index is 5.71. The van der Waals surface area contributed by atoms with Gasteiger partial charge in [-0.15, -0.1) is 0 Å². The summed E-state index contributed by atoms with van der Waals surface area (Å²) in [6, 6.07) is 8.11. The quantitative estimate of drug-likeness (QED) is 0.418. The number of hydrogen-bond acceptors (Lipinski definition) is 3. The van der Waals surface area contributed by atoms with Gasteiger partial charge in [0.1, 0.15) is 5.75 Å². The van der Waals surface area contributed by atoms with E-state index in [1.165, 1.54) is 0 Å². The van der Waals surface area contributed by atoms with Gasteiger partial charge in [-0.1, -0.05) is 26.0 Å². The number of guanidine groups is 1. The van der Waals surface area contributed by atoms with Gasteiger partial charge < -0.3 is 20.1 Å². The van der Waals surface area contributed by atoms with Crippen LogP contribution in [0, 0.1) is 5.92 Å². The molecule has 5 nitrogen and oxygen atoms in total.